The van der Waals surface area contributed by atoms with Gasteiger partial charge in [-0.05, 0) is 28.7 Å². The highest BCUT2D eigenvalue weighted by Crippen LogP contribution is 2.44. The van der Waals surface area contributed by atoms with Crippen molar-refractivity contribution in [2.75, 3.05) is 6.61 Å². The molecule has 0 spiro atoms. The number of rotatable bonds is 14. The summed E-state index contributed by atoms with van der Waals surface area (Å²) >= 11 is 0. The molecule has 6 nitrogen and oxygen atoms in total. The van der Waals surface area contributed by atoms with E-state index in [2.05, 4.69) is 24.4 Å². The molecule has 34 heavy (non-hydrogen) atoms. The lowest BCUT2D eigenvalue weighted by Gasteiger charge is -2.21. The Labute approximate surface area is 202 Å². The molecule has 0 aromatic heterocycles. The molecule has 0 bridgehead atoms. The fraction of sp³-hybridized carbons (Fsp3) is 0.500. The molecule has 6 heteroatoms. The first-order valence-electron chi connectivity index (χ1n) is 12.5. The highest BCUT2D eigenvalue weighted by atomic mass is 16.5. The number of aliphatic hydroxyl groups is 1. The van der Waals surface area contributed by atoms with Crippen LogP contribution in [0.3, 0.4) is 0 Å². The number of alkyl carbamates (subject to hydrolysis) is 1. The molecule has 0 saturated carbocycles. The van der Waals surface area contributed by atoms with E-state index < -0.39 is 24.2 Å². The summed E-state index contributed by atoms with van der Waals surface area (Å²) in [7, 11) is 0. The van der Waals surface area contributed by atoms with Gasteiger partial charge in [0, 0.05) is 5.92 Å². The van der Waals surface area contributed by atoms with Crippen molar-refractivity contribution in [1.82, 2.24) is 5.32 Å². The Morgan fingerprint density at radius 3 is 1.97 bits per heavy atom. The van der Waals surface area contributed by atoms with Crippen LogP contribution in [0.25, 0.3) is 11.1 Å². The average molecular weight is 468 g/mol. The number of carboxylic acid groups (broad SMARTS) is 1. The van der Waals surface area contributed by atoms with Gasteiger partial charge in [0.15, 0.2) is 6.04 Å². The van der Waals surface area contributed by atoms with Crippen molar-refractivity contribution >= 4 is 12.1 Å². The number of carboxylic acids is 1. The lowest BCUT2D eigenvalue weighted by atomic mass is 9.98. The standard InChI is InChI=1S/C28H37NO5/c1-2-3-4-5-6-7-8-9-18-25(30)26(27(31)32)29-28(33)34-19-24-22-16-12-10-14-20(22)21-15-11-13-17-23(21)24/h10-17,24-26,30H,2-9,18-19H2,1H3,(H,29,33)(H,31,32)/t25-,26+/m1/s1. The average Bonchev–Trinajstić information content (AvgIpc) is 3.16. The van der Waals surface area contributed by atoms with E-state index in [4.69, 9.17) is 4.74 Å². The maximum absolute atomic E-state index is 12.4. The maximum Gasteiger partial charge on any atom is 0.407 e. The molecule has 0 radical (unpaired) electrons. The van der Waals surface area contributed by atoms with Crippen LogP contribution in [0.5, 0.6) is 0 Å². The van der Waals surface area contributed by atoms with Gasteiger partial charge in [0.25, 0.3) is 0 Å². The summed E-state index contributed by atoms with van der Waals surface area (Å²) < 4.78 is 5.44. The van der Waals surface area contributed by atoms with Gasteiger partial charge in [-0.2, -0.15) is 0 Å². The van der Waals surface area contributed by atoms with Crippen molar-refractivity contribution in [3.63, 3.8) is 0 Å². The number of aliphatic hydroxyl groups excluding tert-OH is 1. The van der Waals surface area contributed by atoms with Gasteiger partial charge in [-0.3, -0.25) is 0 Å². The molecule has 0 heterocycles. The normalized spacial score (nSPS) is 14.2. The number of unbranched alkanes of at least 4 members (excludes halogenated alkanes) is 7. The molecule has 2 atom stereocenters. The van der Waals surface area contributed by atoms with Gasteiger partial charge in [0.05, 0.1) is 6.10 Å². The quantitative estimate of drug-likeness (QED) is 0.302. The SMILES string of the molecule is CCCCCCCCCC[C@@H](O)[C@H](NC(=O)OCC1c2ccccc2-c2ccccc21)C(=O)O. The van der Waals surface area contributed by atoms with Gasteiger partial charge >= 0.3 is 12.1 Å². The van der Waals surface area contributed by atoms with Crippen LogP contribution in [0.1, 0.15) is 81.8 Å². The number of fused-ring (bicyclic) bond motifs is 3. The Bertz CT molecular complexity index is 898. The number of aliphatic carboxylic acids is 1. The number of carbonyl (C=O) groups excluding carboxylic acids is 1. The molecule has 2 aromatic rings. The van der Waals surface area contributed by atoms with E-state index in [1.807, 2.05) is 36.4 Å². The summed E-state index contributed by atoms with van der Waals surface area (Å²) in [5.41, 5.74) is 4.41. The summed E-state index contributed by atoms with van der Waals surface area (Å²) in [6.07, 6.45) is 7.22. The third kappa shape index (κ3) is 6.83. The number of hydrogen-bond donors (Lipinski definition) is 3. The van der Waals surface area contributed by atoms with Crippen LogP contribution >= 0.6 is 0 Å². The molecule has 3 rings (SSSR count). The Morgan fingerprint density at radius 2 is 1.41 bits per heavy atom. The molecular weight excluding hydrogens is 430 g/mol. The van der Waals surface area contributed by atoms with E-state index in [-0.39, 0.29) is 12.5 Å². The summed E-state index contributed by atoms with van der Waals surface area (Å²) in [6, 6.07) is 14.6. The zero-order valence-corrected chi connectivity index (χ0v) is 20.0. The lowest BCUT2D eigenvalue weighted by Crippen LogP contribution is -2.49. The van der Waals surface area contributed by atoms with Gasteiger partial charge in [-0.1, -0.05) is 107 Å². The molecule has 2 aromatic carbocycles. The second-order valence-electron chi connectivity index (χ2n) is 9.12. The smallest absolute Gasteiger partial charge is 0.407 e. The second-order valence-corrected chi connectivity index (χ2v) is 9.12. The fourth-order valence-corrected chi connectivity index (χ4v) is 4.74. The van der Waals surface area contributed by atoms with Crippen LogP contribution < -0.4 is 5.32 Å². The van der Waals surface area contributed by atoms with Gasteiger partial charge < -0.3 is 20.3 Å². The van der Waals surface area contributed by atoms with Crippen molar-refractivity contribution in [3.8, 4) is 11.1 Å². The van der Waals surface area contributed by atoms with E-state index in [1.165, 1.54) is 25.7 Å². The maximum atomic E-state index is 12.4. The number of benzene rings is 2. The first-order valence-corrected chi connectivity index (χ1v) is 12.5. The molecule has 1 amide bonds. The Balaban J connectivity index is 1.47. The molecule has 0 unspecified atom stereocenters. The lowest BCUT2D eigenvalue weighted by molar-refractivity contribution is -0.142. The number of amides is 1. The van der Waals surface area contributed by atoms with E-state index in [1.54, 1.807) is 0 Å². The van der Waals surface area contributed by atoms with E-state index >= 15 is 0 Å². The predicted molar refractivity (Wildman–Crippen MR) is 133 cm³/mol. The Kier molecular flexibility index (Phi) is 9.95. The first kappa shape index (κ1) is 25.8. The number of nitrogens with one attached hydrogen (secondary N) is 1. The highest BCUT2D eigenvalue weighted by Gasteiger charge is 2.31. The molecule has 3 N–H and O–H groups in total. The van der Waals surface area contributed by atoms with Crippen molar-refractivity contribution in [1.29, 1.82) is 0 Å². The topological polar surface area (TPSA) is 95.9 Å². The summed E-state index contributed by atoms with van der Waals surface area (Å²) in [5, 5.41) is 22.3. The van der Waals surface area contributed by atoms with Crippen LogP contribution in [0.2, 0.25) is 0 Å². The predicted octanol–water partition coefficient (Wildman–Crippen LogP) is 5.87. The minimum Gasteiger partial charge on any atom is -0.480 e. The number of hydrogen-bond acceptors (Lipinski definition) is 4. The Hall–Kier alpha value is -2.86. The monoisotopic (exact) mass is 467 g/mol. The zero-order chi connectivity index (χ0) is 24.3. The van der Waals surface area contributed by atoms with E-state index in [0.29, 0.717) is 6.42 Å². The zero-order valence-electron chi connectivity index (χ0n) is 20.0. The summed E-state index contributed by atoms with van der Waals surface area (Å²) in [6.45, 7) is 2.29. The van der Waals surface area contributed by atoms with Crippen molar-refractivity contribution in [2.24, 2.45) is 0 Å². The molecule has 0 saturated heterocycles. The number of carbonyl (C=O) groups is 2. The minimum atomic E-state index is -1.39. The van der Waals surface area contributed by atoms with Crippen molar-refractivity contribution < 1.29 is 24.5 Å². The molecule has 0 aliphatic heterocycles. The molecule has 184 valence electrons. The van der Waals surface area contributed by atoms with Gasteiger partial charge in [0.2, 0.25) is 0 Å². The van der Waals surface area contributed by atoms with Crippen LogP contribution in [-0.4, -0.2) is 41.0 Å². The third-order valence-corrected chi connectivity index (χ3v) is 6.62. The van der Waals surface area contributed by atoms with Crippen molar-refractivity contribution in [3.05, 3.63) is 59.7 Å². The first-order chi connectivity index (χ1) is 16.5. The highest BCUT2D eigenvalue weighted by molar-refractivity contribution is 5.81. The van der Waals surface area contributed by atoms with Gasteiger partial charge in [-0.25, -0.2) is 9.59 Å². The third-order valence-electron chi connectivity index (χ3n) is 6.62. The molecule has 1 aliphatic rings. The number of ether oxygens (including phenoxy) is 1. The van der Waals surface area contributed by atoms with Crippen LogP contribution in [0, 0.1) is 0 Å². The largest absolute Gasteiger partial charge is 0.480 e. The van der Waals surface area contributed by atoms with E-state index in [0.717, 1.165) is 47.9 Å². The molecule has 1 aliphatic carbocycles. The van der Waals surface area contributed by atoms with Crippen molar-refractivity contribution in [2.45, 2.75) is 82.8 Å². The Morgan fingerprint density at radius 1 is 0.882 bits per heavy atom. The molecule has 0 fully saturated rings. The fourth-order valence-electron chi connectivity index (χ4n) is 4.74. The summed E-state index contributed by atoms with van der Waals surface area (Å²) in [5.74, 6) is -1.37. The van der Waals surface area contributed by atoms with Crippen LogP contribution in [-0.2, 0) is 9.53 Å². The summed E-state index contributed by atoms with van der Waals surface area (Å²) in [4.78, 5) is 24.1. The van der Waals surface area contributed by atoms with E-state index in [9.17, 15) is 19.8 Å². The second kappa shape index (κ2) is 13.1. The van der Waals surface area contributed by atoms with Gasteiger partial charge in [-0.15, -0.1) is 0 Å². The molecular formula is C28H37NO5. The van der Waals surface area contributed by atoms with Crippen LogP contribution in [0.15, 0.2) is 48.5 Å². The van der Waals surface area contributed by atoms with Crippen LogP contribution in [0.4, 0.5) is 4.79 Å². The van der Waals surface area contributed by atoms with Gasteiger partial charge in [0.1, 0.15) is 6.61 Å². The minimum absolute atomic E-state index is 0.0975.